The Morgan fingerprint density at radius 2 is 1.45 bits per heavy atom. The molecule has 1 heterocycles. The third-order valence-electron chi connectivity index (χ3n) is 8.12. The van der Waals surface area contributed by atoms with E-state index < -0.39 is 0 Å². The summed E-state index contributed by atoms with van der Waals surface area (Å²) in [6.45, 7) is 12.2. The van der Waals surface area contributed by atoms with Crippen LogP contribution in [0.1, 0.15) is 36.5 Å². The fourth-order valence-electron chi connectivity index (χ4n) is 5.87. The molecule has 4 heteroatoms. The van der Waals surface area contributed by atoms with Gasteiger partial charge in [0.2, 0.25) is 0 Å². The Hall–Kier alpha value is -2.79. The lowest BCUT2D eigenvalue weighted by atomic mass is 9.96. The van der Waals surface area contributed by atoms with Gasteiger partial charge in [-0.1, -0.05) is 91.3 Å². The topological polar surface area (TPSA) is 9.72 Å². The third kappa shape index (κ3) is 7.48. The molecule has 1 aliphatic rings. The second kappa shape index (κ2) is 14.2. The van der Waals surface area contributed by atoms with Crippen LogP contribution in [-0.2, 0) is 13.1 Å². The van der Waals surface area contributed by atoms with Gasteiger partial charge in [-0.2, -0.15) is 11.8 Å². The second-order valence-electron chi connectivity index (χ2n) is 11.3. The van der Waals surface area contributed by atoms with Gasteiger partial charge in [0, 0.05) is 68.9 Å². The Morgan fingerprint density at radius 1 is 0.750 bits per heavy atom. The fraction of sp³-hybridized carbons (Fsp3) is 0.389. The molecule has 0 spiro atoms. The zero-order chi connectivity index (χ0) is 27.7. The zero-order valence-corrected chi connectivity index (χ0v) is 25.4. The van der Waals surface area contributed by atoms with E-state index in [9.17, 15) is 0 Å². The van der Waals surface area contributed by atoms with Crippen molar-refractivity contribution in [2.45, 2.75) is 39.8 Å². The first-order valence-corrected chi connectivity index (χ1v) is 16.2. The number of hydrogen-bond acceptors (Lipinski definition) is 4. The summed E-state index contributed by atoms with van der Waals surface area (Å²) in [6, 6.07) is 31.9. The van der Waals surface area contributed by atoms with Crippen LogP contribution in [0.25, 0.3) is 21.9 Å². The van der Waals surface area contributed by atoms with Crippen molar-refractivity contribution >= 4 is 28.2 Å². The molecule has 0 atom stereocenters. The van der Waals surface area contributed by atoms with Crippen molar-refractivity contribution in [1.29, 1.82) is 0 Å². The minimum Gasteiger partial charge on any atom is -0.374 e. The molecule has 0 aromatic heterocycles. The average molecular weight is 552 g/mol. The lowest BCUT2D eigenvalue weighted by Crippen LogP contribution is -2.31. The van der Waals surface area contributed by atoms with E-state index in [4.69, 9.17) is 0 Å². The smallest absolute Gasteiger partial charge is 0.0443 e. The van der Waals surface area contributed by atoms with Crippen molar-refractivity contribution in [2.75, 3.05) is 56.2 Å². The van der Waals surface area contributed by atoms with Crippen LogP contribution < -0.4 is 4.90 Å². The van der Waals surface area contributed by atoms with Crippen LogP contribution in [-0.4, -0.2) is 61.1 Å². The zero-order valence-electron chi connectivity index (χ0n) is 24.6. The molecule has 3 nitrogen and oxygen atoms in total. The number of hydrogen-bond donors (Lipinski definition) is 0. The van der Waals surface area contributed by atoms with Gasteiger partial charge in [0.25, 0.3) is 0 Å². The van der Waals surface area contributed by atoms with Crippen LogP contribution in [0.5, 0.6) is 0 Å². The Labute approximate surface area is 246 Å². The Bertz CT molecular complexity index is 1340. The number of anilines is 1. The first-order chi connectivity index (χ1) is 19.6. The molecule has 0 N–H and O–H groups in total. The first kappa shape index (κ1) is 28.7. The summed E-state index contributed by atoms with van der Waals surface area (Å²) in [5, 5.41) is 2.67. The van der Waals surface area contributed by atoms with Crippen molar-refractivity contribution in [2.24, 2.45) is 0 Å². The molecule has 0 aliphatic carbocycles. The molecule has 210 valence electrons. The van der Waals surface area contributed by atoms with Crippen LogP contribution in [0.15, 0.2) is 84.9 Å². The van der Waals surface area contributed by atoms with Crippen LogP contribution in [0, 0.1) is 6.92 Å². The maximum atomic E-state index is 2.60. The normalized spacial score (nSPS) is 14.2. The maximum Gasteiger partial charge on any atom is 0.0443 e. The van der Waals surface area contributed by atoms with E-state index in [0.29, 0.717) is 0 Å². The van der Waals surface area contributed by atoms with E-state index in [0.717, 1.165) is 39.1 Å². The monoisotopic (exact) mass is 551 g/mol. The second-order valence-corrected chi connectivity index (χ2v) is 12.5. The maximum absolute atomic E-state index is 2.60. The van der Waals surface area contributed by atoms with Crippen molar-refractivity contribution in [3.8, 4) is 11.1 Å². The molecule has 0 saturated carbocycles. The van der Waals surface area contributed by atoms with E-state index in [-0.39, 0.29) is 0 Å². The van der Waals surface area contributed by atoms with E-state index >= 15 is 0 Å². The number of fused-ring (bicyclic) bond motifs is 1. The Morgan fingerprint density at radius 3 is 2.20 bits per heavy atom. The predicted octanol–water partition coefficient (Wildman–Crippen LogP) is 8.10. The highest BCUT2D eigenvalue weighted by Gasteiger charge is 2.13. The van der Waals surface area contributed by atoms with Crippen LogP contribution in [0.3, 0.4) is 0 Å². The third-order valence-corrected chi connectivity index (χ3v) is 9.06. The van der Waals surface area contributed by atoms with E-state index in [2.05, 4.69) is 132 Å². The first-order valence-electron chi connectivity index (χ1n) is 15.0. The number of nitrogens with zero attached hydrogens (tertiary/aromatic N) is 3. The van der Waals surface area contributed by atoms with Crippen molar-refractivity contribution in [3.63, 3.8) is 0 Å². The lowest BCUT2D eigenvalue weighted by Gasteiger charge is -2.26. The molecule has 40 heavy (non-hydrogen) atoms. The van der Waals surface area contributed by atoms with E-state index in [1.54, 1.807) is 0 Å². The Kier molecular flexibility index (Phi) is 10.2. The lowest BCUT2D eigenvalue weighted by molar-refractivity contribution is 0.264. The van der Waals surface area contributed by atoms with Crippen LogP contribution >= 0.6 is 11.8 Å². The Balaban J connectivity index is 1.25. The van der Waals surface area contributed by atoms with Crippen molar-refractivity contribution in [3.05, 3.63) is 102 Å². The van der Waals surface area contributed by atoms with Gasteiger partial charge in [-0.3, -0.25) is 9.80 Å². The summed E-state index contributed by atoms with van der Waals surface area (Å²) in [4.78, 5) is 7.63. The molecule has 0 radical (unpaired) electrons. The fourth-order valence-corrected chi connectivity index (χ4v) is 6.85. The van der Waals surface area contributed by atoms with Gasteiger partial charge in [-0.15, -0.1) is 0 Å². The van der Waals surface area contributed by atoms with Crippen molar-refractivity contribution in [1.82, 2.24) is 9.80 Å². The summed E-state index contributed by atoms with van der Waals surface area (Å²) < 4.78 is 0. The minimum atomic E-state index is 1.03. The summed E-state index contributed by atoms with van der Waals surface area (Å²) in [5.41, 5.74) is 8.09. The van der Waals surface area contributed by atoms with Gasteiger partial charge < -0.3 is 4.90 Å². The van der Waals surface area contributed by atoms with Gasteiger partial charge in [-0.05, 0) is 60.0 Å². The summed E-state index contributed by atoms with van der Waals surface area (Å²) in [6.07, 6.45) is 2.34. The van der Waals surface area contributed by atoms with Gasteiger partial charge in [0.05, 0.1) is 0 Å². The average Bonchev–Trinajstić information content (AvgIpc) is 2.99. The summed E-state index contributed by atoms with van der Waals surface area (Å²) in [7, 11) is 2.25. The highest BCUT2D eigenvalue weighted by atomic mass is 32.2. The number of aryl methyl sites for hydroxylation is 1. The van der Waals surface area contributed by atoms with Gasteiger partial charge in [0.15, 0.2) is 0 Å². The molecule has 5 rings (SSSR count). The molecule has 4 aromatic rings. The number of benzene rings is 4. The number of rotatable bonds is 12. The summed E-state index contributed by atoms with van der Waals surface area (Å²) >= 11 is 2.07. The number of thioether (sulfide) groups is 1. The van der Waals surface area contributed by atoms with Crippen molar-refractivity contribution < 1.29 is 0 Å². The van der Waals surface area contributed by atoms with E-state index in [1.807, 2.05) is 0 Å². The minimum absolute atomic E-state index is 1.03. The largest absolute Gasteiger partial charge is 0.374 e. The highest BCUT2D eigenvalue weighted by Crippen LogP contribution is 2.34. The van der Waals surface area contributed by atoms with Gasteiger partial charge >= 0.3 is 0 Å². The standard InChI is InChI=1S/C36H45N3S/c1-4-20-38(27-30-14-12-29(2)13-15-30)22-7-21-37(3)36-11-6-9-34-33(8-5-10-35(34)36)32-18-16-31(17-19-32)28-39-23-25-40-26-24-39/h5-6,8-19H,4,7,20-28H2,1-3H3. The SMILES string of the molecule is CCCN(CCCN(C)c1cccc2c(-c3ccc(CN4CCSCC4)cc3)cccc12)Cc1ccc(C)cc1. The molecule has 0 unspecified atom stereocenters. The van der Waals surface area contributed by atoms with E-state index in [1.165, 1.54) is 75.3 Å². The van der Waals surface area contributed by atoms with Crippen LogP contribution in [0.4, 0.5) is 5.69 Å². The molecule has 1 aliphatic heterocycles. The predicted molar refractivity (Wildman–Crippen MR) is 177 cm³/mol. The molecular weight excluding hydrogens is 506 g/mol. The van der Waals surface area contributed by atoms with Crippen LogP contribution in [0.2, 0.25) is 0 Å². The molecule has 4 aromatic carbocycles. The summed E-state index contributed by atoms with van der Waals surface area (Å²) in [5.74, 6) is 2.52. The molecule has 0 amide bonds. The van der Waals surface area contributed by atoms with Gasteiger partial charge in [-0.25, -0.2) is 0 Å². The molecule has 1 fully saturated rings. The highest BCUT2D eigenvalue weighted by molar-refractivity contribution is 7.99. The quantitative estimate of drug-likeness (QED) is 0.176. The molecular formula is C36H45N3S. The van der Waals surface area contributed by atoms with Gasteiger partial charge in [0.1, 0.15) is 0 Å². The molecule has 1 saturated heterocycles. The molecule has 0 bridgehead atoms.